The number of hydrogen-bond acceptors (Lipinski definition) is 2. The maximum atomic E-state index is 12.8. The molecule has 0 spiro atoms. The first-order valence-electron chi connectivity index (χ1n) is 7.76. The second kappa shape index (κ2) is 8.11. The standard InChI is InChI=1S/C20H21NO3/c1-14(2)13-17(20(23)24)21-19(22)18(15-9-5-3-6-10-15)16-11-7-4-8-12-16/h3-12,17-18H,1,13H2,2H3,(H,21,22)(H,23,24)/t17-/m0/s1. The van der Waals surface area contributed by atoms with E-state index in [1.54, 1.807) is 6.92 Å². The monoisotopic (exact) mass is 323 g/mol. The van der Waals surface area contributed by atoms with Crippen LogP contribution in [0.15, 0.2) is 72.8 Å². The first-order valence-corrected chi connectivity index (χ1v) is 7.76. The predicted molar refractivity (Wildman–Crippen MR) is 93.7 cm³/mol. The fourth-order valence-electron chi connectivity index (χ4n) is 2.59. The lowest BCUT2D eigenvalue weighted by Crippen LogP contribution is -2.43. The SMILES string of the molecule is C=C(C)C[C@H](NC(=O)C(c1ccccc1)c1ccccc1)C(=O)O. The maximum Gasteiger partial charge on any atom is 0.326 e. The summed E-state index contributed by atoms with van der Waals surface area (Å²) < 4.78 is 0. The number of rotatable bonds is 7. The minimum absolute atomic E-state index is 0.206. The van der Waals surface area contributed by atoms with E-state index in [-0.39, 0.29) is 12.3 Å². The van der Waals surface area contributed by atoms with Crippen molar-refractivity contribution in [2.24, 2.45) is 0 Å². The number of amides is 1. The average molecular weight is 323 g/mol. The highest BCUT2D eigenvalue weighted by atomic mass is 16.4. The summed E-state index contributed by atoms with van der Waals surface area (Å²) in [4.78, 5) is 24.2. The van der Waals surface area contributed by atoms with Crippen molar-refractivity contribution in [1.29, 1.82) is 0 Å². The van der Waals surface area contributed by atoms with Crippen LogP contribution >= 0.6 is 0 Å². The topological polar surface area (TPSA) is 66.4 Å². The molecule has 2 rings (SSSR count). The molecule has 0 aliphatic rings. The number of aliphatic carboxylic acids is 1. The highest BCUT2D eigenvalue weighted by Gasteiger charge is 2.27. The van der Waals surface area contributed by atoms with E-state index in [1.165, 1.54) is 0 Å². The van der Waals surface area contributed by atoms with Crippen molar-refractivity contribution in [1.82, 2.24) is 5.32 Å². The van der Waals surface area contributed by atoms with Crippen LogP contribution in [-0.2, 0) is 9.59 Å². The smallest absolute Gasteiger partial charge is 0.326 e. The Hall–Kier alpha value is -2.88. The largest absolute Gasteiger partial charge is 0.480 e. The molecule has 0 heterocycles. The van der Waals surface area contributed by atoms with E-state index in [1.807, 2.05) is 60.7 Å². The van der Waals surface area contributed by atoms with E-state index in [0.29, 0.717) is 5.57 Å². The summed E-state index contributed by atoms with van der Waals surface area (Å²) in [7, 11) is 0. The molecular weight excluding hydrogens is 302 g/mol. The van der Waals surface area contributed by atoms with Crippen LogP contribution in [0.1, 0.15) is 30.4 Å². The average Bonchev–Trinajstić information content (AvgIpc) is 2.56. The molecule has 124 valence electrons. The summed E-state index contributed by atoms with van der Waals surface area (Å²) in [6, 6.07) is 17.7. The Bertz CT molecular complexity index is 671. The number of carbonyl (C=O) groups excluding carboxylic acids is 1. The first kappa shape index (κ1) is 17.5. The Morgan fingerprint density at radius 1 is 1.00 bits per heavy atom. The van der Waals surface area contributed by atoms with Crippen LogP contribution in [0.2, 0.25) is 0 Å². The van der Waals surface area contributed by atoms with Gasteiger partial charge in [-0.15, -0.1) is 6.58 Å². The number of nitrogens with one attached hydrogen (secondary N) is 1. The lowest BCUT2D eigenvalue weighted by atomic mass is 9.90. The summed E-state index contributed by atoms with van der Waals surface area (Å²) in [6.07, 6.45) is 0.206. The zero-order chi connectivity index (χ0) is 17.5. The normalized spacial score (nSPS) is 11.8. The van der Waals surface area contributed by atoms with E-state index in [4.69, 9.17) is 0 Å². The minimum atomic E-state index is -1.06. The zero-order valence-electron chi connectivity index (χ0n) is 13.6. The van der Waals surface area contributed by atoms with Crippen molar-refractivity contribution in [3.05, 3.63) is 83.9 Å². The highest BCUT2D eigenvalue weighted by Crippen LogP contribution is 2.25. The molecule has 4 heteroatoms. The molecule has 0 unspecified atom stereocenters. The fraction of sp³-hybridized carbons (Fsp3) is 0.200. The molecule has 0 fully saturated rings. The molecule has 0 aliphatic heterocycles. The molecule has 1 amide bonds. The van der Waals surface area contributed by atoms with Gasteiger partial charge in [0.25, 0.3) is 0 Å². The van der Waals surface area contributed by atoms with Gasteiger partial charge in [-0.25, -0.2) is 4.79 Å². The Balaban J connectivity index is 2.32. The second-order valence-electron chi connectivity index (χ2n) is 5.82. The van der Waals surface area contributed by atoms with E-state index >= 15 is 0 Å². The molecule has 0 bridgehead atoms. The predicted octanol–water partition coefficient (Wildman–Crippen LogP) is 3.35. The summed E-state index contributed by atoms with van der Waals surface area (Å²) in [6.45, 7) is 5.48. The van der Waals surface area contributed by atoms with Crippen LogP contribution in [0.4, 0.5) is 0 Å². The lowest BCUT2D eigenvalue weighted by Gasteiger charge is -2.21. The summed E-state index contributed by atoms with van der Waals surface area (Å²) in [5.41, 5.74) is 2.35. The van der Waals surface area contributed by atoms with Crippen LogP contribution in [-0.4, -0.2) is 23.0 Å². The van der Waals surface area contributed by atoms with E-state index in [0.717, 1.165) is 11.1 Å². The van der Waals surface area contributed by atoms with Gasteiger partial charge in [-0.05, 0) is 24.5 Å². The van der Waals surface area contributed by atoms with Gasteiger partial charge in [0, 0.05) is 0 Å². The Morgan fingerprint density at radius 2 is 1.46 bits per heavy atom. The van der Waals surface area contributed by atoms with Crippen LogP contribution in [0.25, 0.3) is 0 Å². The third kappa shape index (κ3) is 4.56. The molecule has 0 aromatic heterocycles. The third-order valence-electron chi connectivity index (χ3n) is 3.70. The summed E-state index contributed by atoms with van der Waals surface area (Å²) in [5.74, 6) is -1.95. The van der Waals surface area contributed by atoms with Gasteiger partial charge >= 0.3 is 5.97 Å². The minimum Gasteiger partial charge on any atom is -0.480 e. The zero-order valence-corrected chi connectivity index (χ0v) is 13.6. The van der Waals surface area contributed by atoms with Crippen molar-refractivity contribution >= 4 is 11.9 Å². The number of hydrogen-bond donors (Lipinski definition) is 2. The molecule has 1 atom stereocenters. The highest BCUT2D eigenvalue weighted by molar-refractivity contribution is 5.90. The molecule has 0 saturated carbocycles. The van der Waals surface area contributed by atoms with Gasteiger partial charge < -0.3 is 10.4 Å². The lowest BCUT2D eigenvalue weighted by molar-refractivity contribution is -0.141. The molecule has 0 aliphatic carbocycles. The third-order valence-corrected chi connectivity index (χ3v) is 3.70. The van der Waals surface area contributed by atoms with Gasteiger partial charge in [-0.2, -0.15) is 0 Å². The van der Waals surface area contributed by atoms with Gasteiger partial charge in [-0.1, -0.05) is 66.2 Å². The molecule has 24 heavy (non-hydrogen) atoms. The summed E-state index contributed by atoms with van der Waals surface area (Å²) >= 11 is 0. The quantitative estimate of drug-likeness (QED) is 0.768. The maximum absolute atomic E-state index is 12.8. The van der Waals surface area contributed by atoms with E-state index in [9.17, 15) is 14.7 Å². The molecule has 0 saturated heterocycles. The van der Waals surface area contributed by atoms with Crippen molar-refractivity contribution < 1.29 is 14.7 Å². The number of carboxylic acid groups (broad SMARTS) is 1. The Labute approximate surface area is 141 Å². The van der Waals surface area contributed by atoms with Gasteiger partial charge in [0.05, 0.1) is 5.92 Å². The van der Waals surface area contributed by atoms with Crippen LogP contribution < -0.4 is 5.32 Å². The fourth-order valence-corrected chi connectivity index (χ4v) is 2.59. The molecule has 2 aromatic rings. The Kier molecular flexibility index (Phi) is 5.90. The van der Waals surface area contributed by atoms with Crippen LogP contribution in [0, 0.1) is 0 Å². The van der Waals surface area contributed by atoms with Crippen LogP contribution in [0.3, 0.4) is 0 Å². The summed E-state index contributed by atoms with van der Waals surface area (Å²) in [5, 5.41) is 12.0. The number of benzene rings is 2. The van der Waals surface area contributed by atoms with Gasteiger partial charge in [0.1, 0.15) is 6.04 Å². The second-order valence-corrected chi connectivity index (χ2v) is 5.82. The van der Waals surface area contributed by atoms with Crippen molar-refractivity contribution in [3.8, 4) is 0 Å². The van der Waals surface area contributed by atoms with E-state index in [2.05, 4.69) is 11.9 Å². The molecule has 4 nitrogen and oxygen atoms in total. The molecular formula is C20H21NO3. The van der Waals surface area contributed by atoms with E-state index < -0.39 is 17.9 Å². The van der Waals surface area contributed by atoms with Crippen molar-refractivity contribution in [2.75, 3.05) is 0 Å². The molecule has 2 aromatic carbocycles. The molecule has 0 radical (unpaired) electrons. The van der Waals surface area contributed by atoms with Crippen LogP contribution in [0.5, 0.6) is 0 Å². The number of carbonyl (C=O) groups is 2. The molecule has 2 N–H and O–H groups in total. The van der Waals surface area contributed by atoms with Gasteiger partial charge in [-0.3, -0.25) is 4.79 Å². The number of carboxylic acids is 1. The van der Waals surface area contributed by atoms with Crippen molar-refractivity contribution in [3.63, 3.8) is 0 Å². The van der Waals surface area contributed by atoms with Crippen molar-refractivity contribution in [2.45, 2.75) is 25.3 Å². The Morgan fingerprint density at radius 3 is 1.83 bits per heavy atom. The van der Waals surface area contributed by atoms with Gasteiger partial charge in [0.2, 0.25) is 5.91 Å². The van der Waals surface area contributed by atoms with Gasteiger partial charge in [0.15, 0.2) is 0 Å². The first-order chi connectivity index (χ1) is 11.5.